The Morgan fingerprint density at radius 2 is 1.81 bits per heavy atom. The minimum Gasteiger partial charge on any atom is -0.480 e. The molecule has 1 heterocycles. The quantitative estimate of drug-likeness (QED) is 0.817. The van der Waals surface area contributed by atoms with Crippen LogP contribution in [0.5, 0.6) is 0 Å². The van der Waals surface area contributed by atoms with Crippen molar-refractivity contribution in [3.05, 3.63) is 0 Å². The first kappa shape index (κ1) is 16.3. The summed E-state index contributed by atoms with van der Waals surface area (Å²) in [6.45, 7) is 6.95. The molecule has 1 N–H and O–H groups in total. The molecule has 1 saturated carbocycles. The maximum Gasteiger partial charge on any atom is 0.329 e. The van der Waals surface area contributed by atoms with Crippen LogP contribution in [0, 0.1) is 11.3 Å². The highest BCUT2D eigenvalue weighted by Crippen LogP contribution is 2.46. The molecule has 0 bridgehead atoms. The molecule has 1 amide bonds. The fourth-order valence-corrected chi connectivity index (χ4v) is 3.91. The van der Waals surface area contributed by atoms with Crippen LogP contribution < -0.4 is 0 Å². The summed E-state index contributed by atoms with van der Waals surface area (Å²) in [5.74, 6) is -0.193. The van der Waals surface area contributed by atoms with Crippen LogP contribution in [0.15, 0.2) is 0 Å². The standard InChI is InChI=1S/C16H27NO4/c1-12(2)8-16(6-4-5-7-16)14(20)17-10-15(3,11-17)21-9-13(18)19/h12H,4-11H2,1-3H3,(H,18,19). The summed E-state index contributed by atoms with van der Waals surface area (Å²) in [6.07, 6.45) is 5.22. The molecule has 120 valence electrons. The number of ether oxygens (including phenoxy) is 1. The average Bonchev–Trinajstić information content (AvgIpc) is 2.81. The smallest absolute Gasteiger partial charge is 0.329 e. The highest BCUT2D eigenvalue weighted by atomic mass is 16.5. The molecule has 0 atom stereocenters. The average molecular weight is 297 g/mol. The molecule has 2 fully saturated rings. The highest BCUT2D eigenvalue weighted by Gasteiger charge is 2.50. The van der Waals surface area contributed by atoms with Gasteiger partial charge in [0.15, 0.2) is 0 Å². The van der Waals surface area contributed by atoms with Crippen molar-refractivity contribution in [1.29, 1.82) is 0 Å². The van der Waals surface area contributed by atoms with Crippen molar-refractivity contribution in [3.8, 4) is 0 Å². The first-order valence-electron chi connectivity index (χ1n) is 7.91. The van der Waals surface area contributed by atoms with Gasteiger partial charge < -0.3 is 14.7 Å². The molecule has 5 heteroatoms. The van der Waals surface area contributed by atoms with Crippen LogP contribution in [0.25, 0.3) is 0 Å². The van der Waals surface area contributed by atoms with E-state index in [0.29, 0.717) is 19.0 Å². The Kier molecular flexibility index (Phi) is 4.61. The van der Waals surface area contributed by atoms with Crippen molar-refractivity contribution in [2.45, 2.75) is 58.5 Å². The molecule has 0 spiro atoms. The molecule has 2 rings (SSSR count). The normalized spacial score (nSPS) is 23.1. The first-order chi connectivity index (χ1) is 9.76. The second kappa shape index (κ2) is 5.95. The van der Waals surface area contributed by atoms with E-state index in [1.807, 2.05) is 11.8 Å². The van der Waals surface area contributed by atoms with E-state index < -0.39 is 11.6 Å². The molecular formula is C16H27NO4. The zero-order chi connectivity index (χ0) is 15.7. The van der Waals surface area contributed by atoms with E-state index >= 15 is 0 Å². The van der Waals surface area contributed by atoms with Crippen LogP contribution >= 0.6 is 0 Å². The summed E-state index contributed by atoms with van der Waals surface area (Å²) >= 11 is 0. The molecule has 0 aromatic heterocycles. The van der Waals surface area contributed by atoms with Crippen molar-refractivity contribution in [1.82, 2.24) is 4.90 Å². The van der Waals surface area contributed by atoms with E-state index in [-0.39, 0.29) is 17.9 Å². The van der Waals surface area contributed by atoms with Crippen LogP contribution in [0.1, 0.15) is 52.9 Å². The Bertz CT molecular complexity index is 407. The molecule has 0 unspecified atom stereocenters. The maximum absolute atomic E-state index is 12.9. The van der Waals surface area contributed by atoms with Crippen LogP contribution in [0.4, 0.5) is 0 Å². The molecule has 5 nitrogen and oxygen atoms in total. The van der Waals surface area contributed by atoms with E-state index in [9.17, 15) is 9.59 Å². The topological polar surface area (TPSA) is 66.8 Å². The van der Waals surface area contributed by atoms with Crippen molar-refractivity contribution in [2.24, 2.45) is 11.3 Å². The molecule has 21 heavy (non-hydrogen) atoms. The monoisotopic (exact) mass is 297 g/mol. The van der Waals surface area contributed by atoms with Gasteiger partial charge in [0, 0.05) is 5.41 Å². The van der Waals surface area contributed by atoms with Gasteiger partial charge in [-0.05, 0) is 32.1 Å². The lowest BCUT2D eigenvalue weighted by Gasteiger charge is -2.50. The number of hydrogen-bond donors (Lipinski definition) is 1. The molecule has 1 saturated heterocycles. The van der Waals surface area contributed by atoms with Gasteiger partial charge in [-0.2, -0.15) is 0 Å². The third-order valence-electron chi connectivity index (χ3n) is 4.70. The molecular weight excluding hydrogens is 270 g/mol. The summed E-state index contributed by atoms with van der Waals surface area (Å²) in [4.78, 5) is 25.3. The molecule has 0 aromatic carbocycles. The highest BCUT2D eigenvalue weighted by molar-refractivity contribution is 5.84. The van der Waals surface area contributed by atoms with Crippen molar-refractivity contribution in [2.75, 3.05) is 19.7 Å². The Labute approximate surface area is 126 Å². The molecule has 2 aliphatic rings. The summed E-state index contributed by atoms with van der Waals surface area (Å²) in [6, 6.07) is 0. The van der Waals surface area contributed by atoms with Gasteiger partial charge >= 0.3 is 5.97 Å². The van der Waals surface area contributed by atoms with Gasteiger partial charge in [0.1, 0.15) is 12.2 Å². The second-order valence-electron chi connectivity index (χ2n) is 7.38. The van der Waals surface area contributed by atoms with E-state index in [1.54, 1.807) is 0 Å². The minimum atomic E-state index is -0.965. The summed E-state index contributed by atoms with van der Waals surface area (Å²) < 4.78 is 5.39. The minimum absolute atomic E-state index is 0.178. The molecule has 1 aliphatic heterocycles. The number of carboxylic acid groups (broad SMARTS) is 1. The van der Waals surface area contributed by atoms with Crippen molar-refractivity contribution >= 4 is 11.9 Å². The number of hydrogen-bond acceptors (Lipinski definition) is 3. The predicted octanol–water partition coefficient (Wildman–Crippen LogP) is 2.29. The Balaban J connectivity index is 1.93. The van der Waals surface area contributed by atoms with E-state index in [0.717, 1.165) is 32.1 Å². The van der Waals surface area contributed by atoms with E-state index in [1.165, 1.54) is 0 Å². The third-order valence-corrected chi connectivity index (χ3v) is 4.70. The lowest BCUT2D eigenvalue weighted by atomic mass is 9.76. The van der Waals surface area contributed by atoms with Gasteiger partial charge in [-0.3, -0.25) is 4.79 Å². The summed E-state index contributed by atoms with van der Waals surface area (Å²) in [7, 11) is 0. The largest absolute Gasteiger partial charge is 0.480 e. The van der Waals surface area contributed by atoms with Crippen LogP contribution in [0.2, 0.25) is 0 Å². The number of aliphatic carboxylic acids is 1. The predicted molar refractivity (Wildman–Crippen MR) is 78.9 cm³/mol. The van der Waals surface area contributed by atoms with E-state index in [2.05, 4.69) is 13.8 Å². The SMILES string of the molecule is CC(C)CC1(C(=O)N2CC(C)(OCC(=O)O)C2)CCCC1. The van der Waals surface area contributed by atoms with Crippen LogP contribution in [-0.2, 0) is 14.3 Å². The Morgan fingerprint density at radius 3 is 2.29 bits per heavy atom. The van der Waals surface area contributed by atoms with Gasteiger partial charge in [-0.1, -0.05) is 26.7 Å². The van der Waals surface area contributed by atoms with E-state index in [4.69, 9.17) is 9.84 Å². The number of rotatable bonds is 6. The van der Waals surface area contributed by atoms with Gasteiger partial charge in [-0.25, -0.2) is 4.79 Å². The fourth-order valence-electron chi connectivity index (χ4n) is 3.91. The maximum atomic E-state index is 12.9. The fraction of sp³-hybridized carbons (Fsp3) is 0.875. The number of nitrogens with zero attached hydrogens (tertiary/aromatic N) is 1. The zero-order valence-electron chi connectivity index (χ0n) is 13.4. The van der Waals surface area contributed by atoms with Crippen molar-refractivity contribution < 1.29 is 19.4 Å². The Hall–Kier alpha value is -1.10. The number of amides is 1. The zero-order valence-corrected chi connectivity index (χ0v) is 13.4. The third kappa shape index (κ3) is 3.57. The lowest BCUT2D eigenvalue weighted by Crippen LogP contribution is -2.65. The van der Waals surface area contributed by atoms with Crippen LogP contribution in [-0.4, -0.2) is 47.2 Å². The molecule has 0 radical (unpaired) electrons. The summed E-state index contributed by atoms with van der Waals surface area (Å²) in [5.41, 5.74) is -0.673. The van der Waals surface area contributed by atoms with Crippen LogP contribution in [0.3, 0.4) is 0 Å². The summed E-state index contributed by atoms with van der Waals surface area (Å²) in [5, 5.41) is 8.68. The van der Waals surface area contributed by atoms with Gasteiger partial charge in [0.05, 0.1) is 13.1 Å². The van der Waals surface area contributed by atoms with Gasteiger partial charge in [0.25, 0.3) is 0 Å². The number of carbonyl (C=O) groups is 2. The van der Waals surface area contributed by atoms with Gasteiger partial charge in [0.2, 0.25) is 5.91 Å². The first-order valence-corrected chi connectivity index (χ1v) is 7.91. The molecule has 1 aliphatic carbocycles. The molecule has 0 aromatic rings. The number of likely N-dealkylation sites (tertiary alicyclic amines) is 1. The number of carboxylic acids is 1. The van der Waals surface area contributed by atoms with Crippen molar-refractivity contribution in [3.63, 3.8) is 0 Å². The lowest BCUT2D eigenvalue weighted by molar-refractivity contribution is -0.180. The Morgan fingerprint density at radius 1 is 1.24 bits per heavy atom. The van der Waals surface area contributed by atoms with Gasteiger partial charge in [-0.15, -0.1) is 0 Å². The second-order valence-corrected chi connectivity index (χ2v) is 7.38. The number of carbonyl (C=O) groups excluding carboxylic acids is 1.